The predicted molar refractivity (Wildman–Crippen MR) is 108 cm³/mol. The first-order valence-electron chi connectivity index (χ1n) is 9.19. The normalized spacial score (nSPS) is 17.4. The van der Waals surface area contributed by atoms with E-state index in [1.54, 1.807) is 13.8 Å². The van der Waals surface area contributed by atoms with Crippen LogP contribution < -0.4 is 5.32 Å². The molecule has 9 heteroatoms. The molecule has 0 bridgehead atoms. The van der Waals surface area contributed by atoms with Crippen molar-refractivity contribution < 1.29 is 17.7 Å². The fraction of sp³-hybridized carbons (Fsp3) is 0.474. The number of benzene rings is 1. The van der Waals surface area contributed by atoms with Crippen molar-refractivity contribution in [2.75, 3.05) is 13.1 Å². The van der Waals surface area contributed by atoms with Crippen LogP contribution in [0.15, 0.2) is 38.2 Å². The van der Waals surface area contributed by atoms with Gasteiger partial charge in [-0.2, -0.15) is 4.31 Å². The highest BCUT2D eigenvalue weighted by Crippen LogP contribution is 2.28. The van der Waals surface area contributed by atoms with Crippen LogP contribution in [0.5, 0.6) is 0 Å². The fourth-order valence-corrected chi connectivity index (χ4v) is 5.52. The summed E-state index contributed by atoms with van der Waals surface area (Å²) in [5.74, 6) is 0.0551. The van der Waals surface area contributed by atoms with Crippen LogP contribution in [0.3, 0.4) is 0 Å². The van der Waals surface area contributed by atoms with Crippen LogP contribution in [-0.4, -0.2) is 36.9 Å². The molecule has 1 N–H and O–H groups in total. The number of aromatic nitrogens is 1. The standard InChI is InChI=1S/C19H24BrN3O4S/c1-12(15-4-6-17(20)7-5-15)21-19(24)16-8-10-23(11-9-16)28(25,26)18-13(2)22-27-14(18)3/h4-7,12,16H,8-11H2,1-3H3,(H,21,24)/t12-/m0/s1. The van der Waals surface area contributed by atoms with E-state index in [2.05, 4.69) is 26.4 Å². The Bertz CT molecular complexity index is 929. The first-order valence-corrected chi connectivity index (χ1v) is 11.4. The minimum absolute atomic E-state index is 0.0372. The van der Waals surface area contributed by atoms with Crippen molar-refractivity contribution >= 4 is 31.9 Å². The van der Waals surface area contributed by atoms with Gasteiger partial charge in [-0.05, 0) is 51.3 Å². The van der Waals surface area contributed by atoms with Crippen molar-refractivity contribution in [2.24, 2.45) is 5.92 Å². The van der Waals surface area contributed by atoms with Gasteiger partial charge in [-0.25, -0.2) is 8.42 Å². The fourth-order valence-electron chi connectivity index (χ4n) is 3.50. The van der Waals surface area contributed by atoms with E-state index in [0.29, 0.717) is 37.4 Å². The Labute approximate surface area is 173 Å². The molecule has 1 amide bonds. The van der Waals surface area contributed by atoms with Gasteiger partial charge in [-0.15, -0.1) is 0 Å². The number of amides is 1. The minimum Gasteiger partial charge on any atom is -0.360 e. The van der Waals surface area contributed by atoms with Crippen LogP contribution in [0.25, 0.3) is 0 Å². The molecule has 0 aliphatic carbocycles. The van der Waals surface area contributed by atoms with Crippen LogP contribution in [0.2, 0.25) is 0 Å². The van der Waals surface area contributed by atoms with Gasteiger partial charge >= 0.3 is 0 Å². The lowest BCUT2D eigenvalue weighted by molar-refractivity contribution is -0.126. The quantitative estimate of drug-likeness (QED) is 0.724. The van der Waals surface area contributed by atoms with E-state index in [0.717, 1.165) is 10.0 Å². The molecule has 1 aliphatic heterocycles. The van der Waals surface area contributed by atoms with Crippen LogP contribution in [0, 0.1) is 19.8 Å². The van der Waals surface area contributed by atoms with Crippen molar-refractivity contribution in [1.82, 2.24) is 14.8 Å². The molecule has 0 radical (unpaired) electrons. The number of hydrogen-bond acceptors (Lipinski definition) is 5. The number of nitrogens with one attached hydrogen (secondary N) is 1. The summed E-state index contributed by atoms with van der Waals surface area (Å²) in [7, 11) is -3.66. The van der Waals surface area contributed by atoms with E-state index in [4.69, 9.17) is 4.52 Å². The van der Waals surface area contributed by atoms with Gasteiger partial charge in [-0.3, -0.25) is 4.79 Å². The second kappa shape index (κ2) is 8.34. The second-order valence-corrected chi connectivity index (χ2v) is 9.90. The molecule has 2 aromatic rings. The van der Waals surface area contributed by atoms with Crippen molar-refractivity contribution in [3.8, 4) is 0 Å². The Morgan fingerprint density at radius 3 is 2.39 bits per heavy atom. The first-order chi connectivity index (χ1) is 13.2. The molecule has 28 heavy (non-hydrogen) atoms. The van der Waals surface area contributed by atoms with E-state index < -0.39 is 10.0 Å². The van der Waals surface area contributed by atoms with E-state index in [1.165, 1.54) is 4.31 Å². The van der Waals surface area contributed by atoms with Crippen molar-refractivity contribution in [1.29, 1.82) is 0 Å². The van der Waals surface area contributed by atoms with Gasteiger partial charge in [0.1, 0.15) is 10.6 Å². The summed E-state index contributed by atoms with van der Waals surface area (Å²) in [5.41, 5.74) is 1.38. The molecule has 1 aliphatic rings. The van der Waals surface area contributed by atoms with E-state index in [9.17, 15) is 13.2 Å². The molecular weight excluding hydrogens is 446 g/mol. The number of aryl methyl sites for hydroxylation is 2. The third-order valence-electron chi connectivity index (χ3n) is 5.12. The topological polar surface area (TPSA) is 92.5 Å². The monoisotopic (exact) mass is 469 g/mol. The minimum atomic E-state index is -3.66. The maximum absolute atomic E-state index is 12.9. The van der Waals surface area contributed by atoms with E-state index in [1.807, 2.05) is 31.2 Å². The molecule has 0 spiro atoms. The van der Waals surface area contributed by atoms with Gasteiger partial charge in [-0.1, -0.05) is 33.2 Å². The van der Waals surface area contributed by atoms with Gasteiger partial charge in [0.25, 0.3) is 0 Å². The van der Waals surface area contributed by atoms with Gasteiger partial charge in [0, 0.05) is 23.5 Å². The van der Waals surface area contributed by atoms with Crippen molar-refractivity contribution in [3.05, 3.63) is 45.8 Å². The molecule has 1 atom stereocenters. The summed E-state index contributed by atoms with van der Waals surface area (Å²) < 4.78 is 33.2. The molecule has 2 heterocycles. The number of rotatable bonds is 5. The number of piperidine rings is 1. The highest BCUT2D eigenvalue weighted by Gasteiger charge is 2.35. The van der Waals surface area contributed by atoms with Gasteiger partial charge < -0.3 is 9.84 Å². The summed E-state index contributed by atoms with van der Waals surface area (Å²) in [6, 6.07) is 7.71. The zero-order valence-electron chi connectivity index (χ0n) is 16.1. The SMILES string of the molecule is Cc1noc(C)c1S(=O)(=O)N1CCC(C(=O)N[C@@H](C)c2ccc(Br)cc2)CC1. The number of carbonyl (C=O) groups excluding carboxylic acids is 1. The average molecular weight is 470 g/mol. The maximum Gasteiger partial charge on any atom is 0.248 e. The van der Waals surface area contributed by atoms with Crippen molar-refractivity contribution in [2.45, 2.75) is 44.6 Å². The molecule has 1 fully saturated rings. The zero-order valence-corrected chi connectivity index (χ0v) is 18.5. The van der Waals surface area contributed by atoms with Crippen LogP contribution in [0.4, 0.5) is 0 Å². The third kappa shape index (κ3) is 4.31. The van der Waals surface area contributed by atoms with Crippen LogP contribution in [0.1, 0.15) is 42.8 Å². The van der Waals surface area contributed by atoms with Gasteiger partial charge in [0.2, 0.25) is 15.9 Å². The average Bonchev–Trinajstić information content (AvgIpc) is 3.01. The summed E-state index contributed by atoms with van der Waals surface area (Å²) in [4.78, 5) is 12.8. The predicted octanol–water partition coefficient (Wildman–Crippen LogP) is 3.33. The number of sulfonamides is 1. The summed E-state index contributed by atoms with van der Waals surface area (Å²) in [5, 5.41) is 6.78. The highest BCUT2D eigenvalue weighted by molar-refractivity contribution is 9.10. The molecule has 7 nitrogen and oxygen atoms in total. The molecule has 0 saturated carbocycles. The summed E-state index contributed by atoms with van der Waals surface area (Å²) in [6.07, 6.45) is 0.975. The van der Waals surface area contributed by atoms with Crippen molar-refractivity contribution in [3.63, 3.8) is 0 Å². The number of nitrogens with zero attached hydrogens (tertiary/aromatic N) is 2. The third-order valence-corrected chi connectivity index (χ3v) is 7.79. The Morgan fingerprint density at radius 2 is 1.86 bits per heavy atom. The molecule has 3 rings (SSSR count). The molecule has 1 saturated heterocycles. The number of hydrogen-bond donors (Lipinski definition) is 1. The Hall–Kier alpha value is -1.71. The first kappa shape index (κ1) is 21.0. The Balaban J connectivity index is 1.60. The smallest absolute Gasteiger partial charge is 0.248 e. The van der Waals surface area contributed by atoms with Gasteiger partial charge in [0.15, 0.2) is 5.76 Å². The lowest BCUT2D eigenvalue weighted by Gasteiger charge is -2.31. The number of halogens is 1. The van der Waals surface area contributed by atoms with E-state index in [-0.39, 0.29) is 22.8 Å². The molecule has 0 unspecified atom stereocenters. The molecule has 152 valence electrons. The maximum atomic E-state index is 12.9. The molecular formula is C19H24BrN3O4S. The molecule has 1 aromatic carbocycles. The van der Waals surface area contributed by atoms with Crippen LogP contribution >= 0.6 is 15.9 Å². The summed E-state index contributed by atoms with van der Waals surface area (Å²) >= 11 is 3.40. The summed E-state index contributed by atoms with van der Waals surface area (Å²) in [6.45, 7) is 5.76. The lowest BCUT2D eigenvalue weighted by Crippen LogP contribution is -2.43. The highest BCUT2D eigenvalue weighted by atomic mass is 79.9. The number of carbonyl (C=O) groups is 1. The zero-order chi connectivity index (χ0) is 20.5. The Morgan fingerprint density at radius 1 is 1.25 bits per heavy atom. The largest absolute Gasteiger partial charge is 0.360 e. The lowest BCUT2D eigenvalue weighted by atomic mass is 9.96. The van der Waals surface area contributed by atoms with Crippen LogP contribution in [-0.2, 0) is 14.8 Å². The Kier molecular flexibility index (Phi) is 6.26. The molecule has 1 aromatic heterocycles. The van der Waals surface area contributed by atoms with Gasteiger partial charge in [0.05, 0.1) is 6.04 Å². The van der Waals surface area contributed by atoms with E-state index >= 15 is 0 Å². The second-order valence-electron chi connectivity index (χ2n) is 7.11.